The van der Waals surface area contributed by atoms with Crippen LogP contribution in [-0.2, 0) is 11.2 Å². The third-order valence-electron chi connectivity index (χ3n) is 5.02. The van der Waals surface area contributed by atoms with Gasteiger partial charge in [0.2, 0.25) is 5.91 Å². The molecule has 0 spiro atoms. The summed E-state index contributed by atoms with van der Waals surface area (Å²) in [6.07, 6.45) is 3.65. The van der Waals surface area contributed by atoms with Crippen LogP contribution in [0.15, 0.2) is 41.1 Å². The van der Waals surface area contributed by atoms with Crippen LogP contribution in [0.3, 0.4) is 0 Å². The molecule has 0 bridgehead atoms. The van der Waals surface area contributed by atoms with Crippen LogP contribution in [0.5, 0.6) is 0 Å². The molecule has 0 unspecified atom stereocenters. The average Bonchev–Trinajstić information content (AvgIpc) is 3.36. The Morgan fingerprint density at radius 1 is 1.27 bits per heavy atom. The summed E-state index contributed by atoms with van der Waals surface area (Å²) in [6.45, 7) is 4.78. The number of amides is 2. The van der Waals surface area contributed by atoms with Gasteiger partial charge in [-0.2, -0.15) is 0 Å². The number of rotatable bonds is 6. The highest BCUT2D eigenvalue weighted by atomic mass is 16.5. The molecule has 1 N–H and O–H groups in total. The van der Waals surface area contributed by atoms with Crippen LogP contribution in [0.25, 0.3) is 11.3 Å². The molecule has 154 valence electrons. The Morgan fingerprint density at radius 3 is 2.87 bits per heavy atom. The standard InChI is InChI=1S/C22H23N5O3/c1-14-11-20(30-26-14)18-13-24-15(2)25-19(18)8-9-23-22(29)16-5-3-6-17(12-16)27-10-4-7-21(27)28/h3,5-6,11-13H,4,7-10H2,1-2H3,(H,23,29). The summed E-state index contributed by atoms with van der Waals surface area (Å²) in [5, 5.41) is 6.85. The number of nitrogens with zero attached hydrogens (tertiary/aromatic N) is 4. The lowest BCUT2D eigenvalue weighted by Crippen LogP contribution is -2.27. The molecule has 8 heteroatoms. The van der Waals surface area contributed by atoms with Gasteiger partial charge in [0.05, 0.1) is 17.0 Å². The highest BCUT2D eigenvalue weighted by molar-refractivity contribution is 5.99. The molecule has 1 saturated heterocycles. The molecule has 1 aromatic carbocycles. The molecule has 2 aromatic heterocycles. The largest absolute Gasteiger partial charge is 0.356 e. The van der Waals surface area contributed by atoms with Gasteiger partial charge in [-0.3, -0.25) is 9.59 Å². The van der Waals surface area contributed by atoms with Gasteiger partial charge in [-0.05, 0) is 38.5 Å². The summed E-state index contributed by atoms with van der Waals surface area (Å²) in [6, 6.07) is 9.00. The Kier molecular flexibility index (Phi) is 5.56. The molecule has 1 aliphatic heterocycles. The molecule has 0 aliphatic carbocycles. The van der Waals surface area contributed by atoms with Gasteiger partial charge in [0.1, 0.15) is 5.82 Å². The first-order valence-corrected chi connectivity index (χ1v) is 9.96. The molecule has 0 atom stereocenters. The van der Waals surface area contributed by atoms with Crippen molar-refractivity contribution in [1.82, 2.24) is 20.4 Å². The van der Waals surface area contributed by atoms with Crippen molar-refractivity contribution in [1.29, 1.82) is 0 Å². The van der Waals surface area contributed by atoms with E-state index in [4.69, 9.17) is 4.52 Å². The van der Waals surface area contributed by atoms with Gasteiger partial charge < -0.3 is 14.7 Å². The summed E-state index contributed by atoms with van der Waals surface area (Å²) >= 11 is 0. The summed E-state index contributed by atoms with van der Waals surface area (Å²) in [5.74, 6) is 1.17. The predicted molar refractivity (Wildman–Crippen MR) is 111 cm³/mol. The molecule has 3 heterocycles. The fourth-order valence-electron chi connectivity index (χ4n) is 3.54. The topological polar surface area (TPSA) is 101 Å². The van der Waals surface area contributed by atoms with Crippen LogP contribution in [0.4, 0.5) is 5.69 Å². The molecular formula is C22H23N5O3. The zero-order valence-corrected chi connectivity index (χ0v) is 17.0. The predicted octanol–water partition coefficient (Wildman–Crippen LogP) is 2.85. The third-order valence-corrected chi connectivity index (χ3v) is 5.02. The van der Waals surface area contributed by atoms with Gasteiger partial charge in [0, 0.05) is 49.4 Å². The summed E-state index contributed by atoms with van der Waals surface area (Å²) < 4.78 is 5.35. The quantitative estimate of drug-likeness (QED) is 0.677. The number of benzene rings is 1. The van der Waals surface area contributed by atoms with Crippen molar-refractivity contribution in [2.45, 2.75) is 33.1 Å². The van der Waals surface area contributed by atoms with Crippen LogP contribution < -0.4 is 10.2 Å². The summed E-state index contributed by atoms with van der Waals surface area (Å²) in [7, 11) is 0. The highest BCUT2D eigenvalue weighted by Gasteiger charge is 2.22. The second kappa shape index (κ2) is 8.44. The van der Waals surface area contributed by atoms with Gasteiger partial charge in [0.25, 0.3) is 5.91 Å². The number of nitrogens with one attached hydrogen (secondary N) is 1. The Bertz CT molecular complexity index is 1090. The SMILES string of the molecule is Cc1cc(-c2cnc(C)nc2CCNC(=O)c2cccc(N3CCCC3=O)c2)on1. The molecular weight excluding hydrogens is 382 g/mol. The Balaban J connectivity index is 1.43. The first-order valence-electron chi connectivity index (χ1n) is 9.96. The Labute approximate surface area is 174 Å². The normalized spacial score (nSPS) is 13.7. The maximum absolute atomic E-state index is 12.6. The highest BCUT2D eigenvalue weighted by Crippen LogP contribution is 2.24. The lowest BCUT2D eigenvalue weighted by atomic mass is 10.1. The van der Waals surface area contributed by atoms with Crippen LogP contribution >= 0.6 is 0 Å². The molecule has 1 fully saturated rings. The maximum atomic E-state index is 12.6. The number of aryl methyl sites for hydroxylation is 2. The van der Waals surface area contributed by atoms with Crippen LogP contribution in [0.1, 0.15) is 40.4 Å². The molecule has 1 aliphatic rings. The van der Waals surface area contributed by atoms with Gasteiger partial charge in [-0.15, -0.1) is 0 Å². The smallest absolute Gasteiger partial charge is 0.251 e. The van der Waals surface area contributed by atoms with Gasteiger partial charge in [-0.1, -0.05) is 11.2 Å². The van der Waals surface area contributed by atoms with E-state index in [2.05, 4.69) is 20.4 Å². The van der Waals surface area contributed by atoms with Crippen molar-refractivity contribution in [3.63, 3.8) is 0 Å². The minimum absolute atomic E-state index is 0.0990. The number of hydrogen-bond acceptors (Lipinski definition) is 6. The minimum atomic E-state index is -0.189. The van der Waals surface area contributed by atoms with Gasteiger partial charge in [0.15, 0.2) is 5.76 Å². The van der Waals surface area contributed by atoms with Crippen molar-refractivity contribution < 1.29 is 14.1 Å². The van der Waals surface area contributed by atoms with Crippen LogP contribution in [0, 0.1) is 13.8 Å². The molecule has 4 rings (SSSR count). The fourth-order valence-corrected chi connectivity index (χ4v) is 3.54. The van der Waals surface area contributed by atoms with E-state index in [0.29, 0.717) is 43.1 Å². The summed E-state index contributed by atoms with van der Waals surface area (Å²) in [5.41, 5.74) is 3.62. The molecule has 0 saturated carbocycles. The second-order valence-electron chi connectivity index (χ2n) is 7.32. The van der Waals surface area contributed by atoms with E-state index in [-0.39, 0.29) is 11.8 Å². The number of carbonyl (C=O) groups excluding carboxylic acids is 2. The Hall–Kier alpha value is -3.55. The zero-order chi connectivity index (χ0) is 21.1. The third kappa shape index (κ3) is 4.22. The lowest BCUT2D eigenvalue weighted by molar-refractivity contribution is -0.117. The molecule has 8 nitrogen and oxygen atoms in total. The Morgan fingerprint density at radius 2 is 2.13 bits per heavy atom. The lowest BCUT2D eigenvalue weighted by Gasteiger charge is -2.16. The van der Waals surface area contributed by atoms with E-state index in [1.807, 2.05) is 26.0 Å². The van der Waals surface area contributed by atoms with Crippen LogP contribution in [0.2, 0.25) is 0 Å². The van der Waals surface area contributed by atoms with E-state index >= 15 is 0 Å². The fraction of sp³-hybridized carbons (Fsp3) is 0.318. The van der Waals surface area contributed by atoms with E-state index in [1.165, 1.54) is 0 Å². The maximum Gasteiger partial charge on any atom is 0.251 e. The van der Waals surface area contributed by atoms with Crippen LogP contribution in [-0.4, -0.2) is 40.0 Å². The van der Waals surface area contributed by atoms with E-state index < -0.39 is 0 Å². The molecule has 2 amide bonds. The van der Waals surface area contributed by atoms with Gasteiger partial charge in [-0.25, -0.2) is 9.97 Å². The van der Waals surface area contributed by atoms with E-state index in [1.54, 1.807) is 29.3 Å². The molecule has 0 radical (unpaired) electrons. The summed E-state index contributed by atoms with van der Waals surface area (Å²) in [4.78, 5) is 35.1. The number of carbonyl (C=O) groups is 2. The first kappa shape index (κ1) is 19.8. The number of aromatic nitrogens is 3. The van der Waals surface area contributed by atoms with Crippen molar-refractivity contribution in [2.24, 2.45) is 0 Å². The van der Waals surface area contributed by atoms with Crippen molar-refractivity contribution >= 4 is 17.5 Å². The number of anilines is 1. The monoisotopic (exact) mass is 405 g/mol. The van der Waals surface area contributed by atoms with Crippen molar-refractivity contribution in [3.05, 3.63) is 59.3 Å². The van der Waals surface area contributed by atoms with E-state index in [0.717, 1.165) is 29.1 Å². The van der Waals surface area contributed by atoms with Crippen molar-refractivity contribution in [3.8, 4) is 11.3 Å². The zero-order valence-electron chi connectivity index (χ0n) is 17.0. The van der Waals surface area contributed by atoms with E-state index in [9.17, 15) is 9.59 Å². The van der Waals surface area contributed by atoms with Crippen molar-refractivity contribution in [2.75, 3.05) is 18.0 Å². The second-order valence-corrected chi connectivity index (χ2v) is 7.32. The minimum Gasteiger partial charge on any atom is -0.356 e. The first-order chi connectivity index (χ1) is 14.5. The average molecular weight is 405 g/mol. The molecule has 30 heavy (non-hydrogen) atoms. The van der Waals surface area contributed by atoms with Gasteiger partial charge >= 0.3 is 0 Å². The number of hydrogen-bond donors (Lipinski definition) is 1. The molecule has 3 aromatic rings.